The van der Waals surface area contributed by atoms with Gasteiger partial charge in [0.25, 0.3) is 5.91 Å². The van der Waals surface area contributed by atoms with Crippen LogP contribution in [0.1, 0.15) is 81.5 Å². The molecule has 1 aromatic rings. The van der Waals surface area contributed by atoms with Crippen molar-refractivity contribution in [1.29, 1.82) is 0 Å². The number of nitrogens with zero attached hydrogens (tertiary/aromatic N) is 1. The molecule has 0 saturated heterocycles. The number of unbranched alkanes of at least 4 members (excludes halogenated alkanes) is 9. The lowest BCUT2D eigenvalue weighted by molar-refractivity contribution is -0.144. The van der Waals surface area contributed by atoms with Gasteiger partial charge in [-0.3, -0.25) is 9.59 Å². The lowest BCUT2D eigenvalue weighted by Crippen LogP contribution is -2.34. The number of hydrogen-bond acceptors (Lipinski definition) is 3. The van der Waals surface area contributed by atoms with E-state index in [0.717, 1.165) is 26.3 Å². The fourth-order valence-electron chi connectivity index (χ4n) is 3.07. The highest BCUT2D eigenvalue weighted by Crippen LogP contribution is 2.24. The summed E-state index contributed by atoms with van der Waals surface area (Å²) in [7, 11) is 1.00. The average Bonchev–Trinajstić information content (AvgIpc) is 2.74. The summed E-state index contributed by atoms with van der Waals surface area (Å²) in [6.07, 6.45) is 11.1. The summed E-state index contributed by atoms with van der Waals surface area (Å²) in [4.78, 5) is 24.4. The average molecular weight is 451 g/mol. The van der Waals surface area contributed by atoms with Crippen LogP contribution in [0.15, 0.2) is 0 Å². The molecule has 1 aromatic carbocycles. The molecule has 0 radical (unpaired) electrons. The van der Waals surface area contributed by atoms with E-state index in [1.54, 1.807) is 0 Å². The van der Waals surface area contributed by atoms with Crippen LogP contribution in [-0.4, -0.2) is 37.0 Å². The lowest BCUT2D eigenvalue weighted by atomic mass is 10.1. The van der Waals surface area contributed by atoms with Crippen molar-refractivity contribution in [2.45, 2.75) is 71.1 Å². The molecule has 0 aliphatic heterocycles. The van der Waals surface area contributed by atoms with Crippen LogP contribution in [-0.2, 0) is 9.53 Å². The van der Waals surface area contributed by atoms with Gasteiger partial charge in [0.05, 0.1) is 6.61 Å². The molecule has 0 heterocycles. The highest BCUT2D eigenvalue weighted by Gasteiger charge is 2.31. The SMILES string of the molecule is CCCCCCCCCCCCOC(=O)CN(C)C(=O)c1c(F)c(F)c(F)c(F)c1F. The summed E-state index contributed by atoms with van der Waals surface area (Å²) >= 11 is 0. The Balaban J connectivity index is 2.33. The van der Waals surface area contributed by atoms with Gasteiger partial charge >= 0.3 is 5.97 Å². The molecule has 0 unspecified atom stereocenters. The third-order valence-corrected chi connectivity index (χ3v) is 4.90. The summed E-state index contributed by atoms with van der Waals surface area (Å²) in [6, 6.07) is 0. The second-order valence-corrected chi connectivity index (χ2v) is 7.51. The van der Waals surface area contributed by atoms with Crippen LogP contribution in [0.3, 0.4) is 0 Å². The van der Waals surface area contributed by atoms with Crippen molar-refractivity contribution in [3.8, 4) is 0 Å². The molecule has 0 atom stereocenters. The number of likely N-dealkylation sites (N-methyl/N-ethyl adjacent to an activating group) is 1. The third-order valence-electron chi connectivity index (χ3n) is 4.90. The first-order chi connectivity index (χ1) is 14.7. The maximum atomic E-state index is 13.7. The first-order valence-electron chi connectivity index (χ1n) is 10.6. The minimum atomic E-state index is -2.36. The molecule has 0 N–H and O–H groups in total. The van der Waals surface area contributed by atoms with Crippen molar-refractivity contribution in [3.63, 3.8) is 0 Å². The lowest BCUT2D eigenvalue weighted by Gasteiger charge is -2.17. The minimum absolute atomic E-state index is 0.125. The number of carbonyl (C=O) groups is 2. The molecular formula is C22H30F5NO3. The normalized spacial score (nSPS) is 10.9. The second-order valence-electron chi connectivity index (χ2n) is 7.51. The molecule has 0 aromatic heterocycles. The number of rotatable bonds is 14. The van der Waals surface area contributed by atoms with Gasteiger partial charge in [0, 0.05) is 7.05 Å². The fourth-order valence-corrected chi connectivity index (χ4v) is 3.07. The van der Waals surface area contributed by atoms with Crippen LogP contribution < -0.4 is 0 Å². The molecule has 0 aliphatic carbocycles. The summed E-state index contributed by atoms with van der Waals surface area (Å²) < 4.78 is 72.0. The Hall–Kier alpha value is -2.19. The highest BCUT2D eigenvalue weighted by molar-refractivity contribution is 5.96. The molecule has 176 valence electrons. The second kappa shape index (κ2) is 14.0. The molecule has 1 rings (SSSR count). The molecule has 4 nitrogen and oxygen atoms in total. The standard InChI is InChI=1S/C22H30F5NO3/c1-3-4-5-6-7-8-9-10-11-12-13-31-15(29)14-28(2)22(30)16-17(23)19(25)21(27)20(26)18(16)24/h3-14H2,1-2H3. The van der Waals surface area contributed by atoms with Crippen molar-refractivity contribution >= 4 is 11.9 Å². The van der Waals surface area contributed by atoms with Gasteiger partial charge in [0.1, 0.15) is 12.1 Å². The summed E-state index contributed by atoms with van der Waals surface area (Å²) in [6.45, 7) is 1.62. The fraction of sp³-hybridized carbons (Fsp3) is 0.636. The predicted octanol–water partition coefficient (Wildman–Crippen LogP) is 5.92. The monoisotopic (exact) mass is 451 g/mol. The molecule has 0 bridgehead atoms. The molecule has 1 amide bonds. The number of benzene rings is 1. The van der Waals surface area contributed by atoms with Crippen molar-refractivity contribution in [2.75, 3.05) is 20.2 Å². The van der Waals surface area contributed by atoms with Gasteiger partial charge in [-0.2, -0.15) is 0 Å². The summed E-state index contributed by atoms with van der Waals surface area (Å²) in [5, 5.41) is 0. The number of hydrogen-bond donors (Lipinski definition) is 0. The van der Waals surface area contributed by atoms with E-state index >= 15 is 0 Å². The van der Waals surface area contributed by atoms with E-state index in [-0.39, 0.29) is 6.61 Å². The van der Waals surface area contributed by atoms with Gasteiger partial charge in [-0.15, -0.1) is 0 Å². The molecule has 9 heteroatoms. The van der Waals surface area contributed by atoms with Crippen LogP contribution in [0.2, 0.25) is 0 Å². The maximum absolute atomic E-state index is 13.7. The van der Waals surface area contributed by atoms with Gasteiger partial charge in [0.2, 0.25) is 5.82 Å². The largest absolute Gasteiger partial charge is 0.464 e. The Kier molecular flexibility index (Phi) is 12.1. The Morgan fingerprint density at radius 3 is 1.61 bits per heavy atom. The zero-order chi connectivity index (χ0) is 23.4. The molecule has 0 spiro atoms. The van der Waals surface area contributed by atoms with Crippen LogP contribution in [0.5, 0.6) is 0 Å². The van der Waals surface area contributed by atoms with Crippen molar-refractivity contribution in [2.24, 2.45) is 0 Å². The van der Waals surface area contributed by atoms with E-state index in [2.05, 4.69) is 6.92 Å². The van der Waals surface area contributed by atoms with Gasteiger partial charge in [-0.25, -0.2) is 22.0 Å². The highest BCUT2D eigenvalue weighted by atomic mass is 19.2. The zero-order valence-corrected chi connectivity index (χ0v) is 18.0. The first-order valence-corrected chi connectivity index (χ1v) is 10.6. The maximum Gasteiger partial charge on any atom is 0.325 e. The minimum Gasteiger partial charge on any atom is -0.464 e. The third kappa shape index (κ3) is 8.45. The van der Waals surface area contributed by atoms with Crippen LogP contribution in [0.25, 0.3) is 0 Å². The Bertz CT molecular complexity index is 713. The topological polar surface area (TPSA) is 46.6 Å². The molecule has 31 heavy (non-hydrogen) atoms. The Morgan fingerprint density at radius 2 is 1.13 bits per heavy atom. The molecular weight excluding hydrogens is 421 g/mol. The zero-order valence-electron chi connectivity index (χ0n) is 18.0. The van der Waals surface area contributed by atoms with E-state index in [1.165, 1.54) is 38.5 Å². The van der Waals surface area contributed by atoms with E-state index in [1.807, 2.05) is 0 Å². The Morgan fingerprint density at radius 1 is 0.710 bits per heavy atom. The Labute approximate surface area is 179 Å². The number of carbonyl (C=O) groups excluding carboxylic acids is 2. The van der Waals surface area contributed by atoms with Crippen molar-refractivity contribution in [3.05, 3.63) is 34.6 Å². The molecule has 0 fully saturated rings. The van der Waals surface area contributed by atoms with Gasteiger partial charge < -0.3 is 9.64 Å². The summed E-state index contributed by atoms with van der Waals surface area (Å²) in [5.41, 5.74) is -1.61. The summed E-state index contributed by atoms with van der Waals surface area (Å²) in [5.74, 6) is -13.6. The number of esters is 1. The van der Waals surface area contributed by atoms with Crippen LogP contribution >= 0.6 is 0 Å². The van der Waals surface area contributed by atoms with Gasteiger partial charge in [-0.05, 0) is 6.42 Å². The number of halogens is 5. The van der Waals surface area contributed by atoms with Gasteiger partial charge in [-0.1, -0.05) is 64.7 Å². The van der Waals surface area contributed by atoms with Crippen molar-refractivity contribution < 1.29 is 36.3 Å². The van der Waals surface area contributed by atoms with E-state index in [9.17, 15) is 31.5 Å². The molecule has 0 saturated carbocycles. The first kappa shape index (κ1) is 26.8. The number of amides is 1. The van der Waals surface area contributed by atoms with Crippen LogP contribution in [0, 0.1) is 29.1 Å². The predicted molar refractivity (Wildman–Crippen MR) is 106 cm³/mol. The van der Waals surface area contributed by atoms with Crippen LogP contribution in [0.4, 0.5) is 22.0 Å². The number of ether oxygens (including phenoxy) is 1. The quantitative estimate of drug-likeness (QED) is 0.116. The smallest absolute Gasteiger partial charge is 0.325 e. The van der Waals surface area contributed by atoms with Gasteiger partial charge in [0.15, 0.2) is 23.3 Å². The van der Waals surface area contributed by atoms with E-state index in [0.29, 0.717) is 11.3 Å². The molecule has 0 aliphatic rings. The van der Waals surface area contributed by atoms with E-state index < -0.39 is 53.1 Å². The van der Waals surface area contributed by atoms with Crippen molar-refractivity contribution in [1.82, 2.24) is 4.90 Å². The van der Waals surface area contributed by atoms with E-state index in [4.69, 9.17) is 4.74 Å².